The van der Waals surface area contributed by atoms with E-state index in [2.05, 4.69) is 15.3 Å². The van der Waals surface area contributed by atoms with Crippen molar-refractivity contribution in [1.82, 2.24) is 20.2 Å². The summed E-state index contributed by atoms with van der Waals surface area (Å²) in [6.07, 6.45) is 2.21. The van der Waals surface area contributed by atoms with E-state index in [1.807, 2.05) is 65.8 Å². The highest BCUT2D eigenvalue weighted by Gasteiger charge is 2.51. The molecule has 1 aromatic heterocycles. The van der Waals surface area contributed by atoms with E-state index in [-0.39, 0.29) is 29.9 Å². The van der Waals surface area contributed by atoms with Gasteiger partial charge in [0.25, 0.3) is 0 Å². The molecule has 2 fully saturated rings. The maximum absolute atomic E-state index is 13.7. The average Bonchev–Trinajstić information content (AvgIpc) is 3.58. The van der Waals surface area contributed by atoms with Crippen LogP contribution in [0.15, 0.2) is 30.5 Å². The predicted octanol–water partition coefficient (Wildman–Crippen LogP) is 2.84. The fourth-order valence-corrected chi connectivity index (χ4v) is 5.08. The lowest BCUT2D eigenvalue weighted by Gasteiger charge is -2.32. The summed E-state index contributed by atoms with van der Waals surface area (Å²) in [7, 11) is 1.20. The summed E-state index contributed by atoms with van der Waals surface area (Å²) in [5.74, 6) is 0.236. The van der Waals surface area contributed by atoms with Crippen LogP contribution in [0, 0.1) is 5.92 Å². The maximum Gasteiger partial charge on any atom is 0.494 e. The topological polar surface area (TPSA) is 115 Å². The number of carbonyl (C=O) groups is 2. The highest BCUT2D eigenvalue weighted by Crippen LogP contribution is 2.37. The second-order valence-corrected chi connectivity index (χ2v) is 12.0. The lowest BCUT2D eigenvalue weighted by Crippen LogP contribution is -2.51. The largest absolute Gasteiger partial charge is 0.494 e. The minimum Gasteiger partial charge on any atom is -0.399 e. The van der Waals surface area contributed by atoms with E-state index in [4.69, 9.17) is 18.8 Å². The van der Waals surface area contributed by atoms with Crippen molar-refractivity contribution in [2.45, 2.75) is 84.3 Å². The van der Waals surface area contributed by atoms with Gasteiger partial charge in [0, 0.05) is 27.0 Å². The number of H-pyrrole nitrogens is 1. The van der Waals surface area contributed by atoms with Gasteiger partial charge in [0.1, 0.15) is 11.9 Å². The Kier molecular flexibility index (Phi) is 9.09. The molecule has 0 bridgehead atoms. The normalized spacial score (nSPS) is 22.6. The van der Waals surface area contributed by atoms with E-state index >= 15 is 0 Å². The van der Waals surface area contributed by atoms with Crippen molar-refractivity contribution in [3.05, 3.63) is 36.3 Å². The summed E-state index contributed by atoms with van der Waals surface area (Å²) in [4.78, 5) is 35.4. The Morgan fingerprint density at radius 2 is 1.80 bits per heavy atom. The first-order valence-corrected chi connectivity index (χ1v) is 14.0. The molecule has 1 aromatic carbocycles. The van der Waals surface area contributed by atoms with E-state index in [0.717, 1.165) is 16.7 Å². The van der Waals surface area contributed by atoms with Gasteiger partial charge in [-0.3, -0.25) is 9.59 Å². The number of ether oxygens (including phenoxy) is 2. The standard InChI is InChI=1S/C29H43BN4O6/c1-18(2)25(32-19(3)35)27(36)34-17-22(38-14-13-37-8)15-24(34)26-31-16-23(33-26)20-9-11-21(12-10-20)30-39-28(4,5)29(6,7)40-30/h9-12,16,18,22,24-25H,13-15,17H2,1-8H3,(H,31,33)(H,32,35)/t22-,24-,25-/m0/s1. The molecule has 11 heteroatoms. The van der Waals surface area contributed by atoms with Crippen LogP contribution in [0.1, 0.15) is 66.8 Å². The second kappa shape index (κ2) is 12.0. The molecule has 2 aliphatic heterocycles. The lowest BCUT2D eigenvalue weighted by atomic mass is 9.79. The van der Waals surface area contributed by atoms with Gasteiger partial charge < -0.3 is 34.0 Å². The molecule has 40 heavy (non-hydrogen) atoms. The third-order valence-electron chi connectivity index (χ3n) is 8.14. The van der Waals surface area contributed by atoms with Crippen LogP contribution in [0.25, 0.3) is 11.3 Å². The number of nitrogens with zero attached hydrogens (tertiary/aromatic N) is 2. The van der Waals surface area contributed by atoms with Gasteiger partial charge in [-0.15, -0.1) is 0 Å². The first kappa shape index (κ1) is 30.2. The Morgan fingerprint density at radius 3 is 2.38 bits per heavy atom. The van der Waals surface area contributed by atoms with E-state index < -0.39 is 24.4 Å². The van der Waals surface area contributed by atoms with Gasteiger partial charge >= 0.3 is 7.12 Å². The van der Waals surface area contributed by atoms with Crippen LogP contribution in [0.5, 0.6) is 0 Å². The molecule has 0 aliphatic carbocycles. The van der Waals surface area contributed by atoms with Gasteiger partial charge in [0.15, 0.2) is 0 Å². The second-order valence-electron chi connectivity index (χ2n) is 12.0. The fraction of sp³-hybridized carbons (Fsp3) is 0.621. The molecule has 0 saturated carbocycles. The number of imidazole rings is 1. The molecule has 0 spiro atoms. The van der Waals surface area contributed by atoms with E-state index in [0.29, 0.717) is 32.0 Å². The number of aromatic amines is 1. The van der Waals surface area contributed by atoms with E-state index in [1.54, 1.807) is 18.2 Å². The summed E-state index contributed by atoms with van der Waals surface area (Å²) >= 11 is 0. The highest BCUT2D eigenvalue weighted by atomic mass is 16.7. The molecule has 0 unspecified atom stereocenters. The summed E-state index contributed by atoms with van der Waals surface area (Å²) in [5.41, 5.74) is 1.94. The molecule has 2 aromatic rings. The molecular weight excluding hydrogens is 511 g/mol. The van der Waals surface area contributed by atoms with Crippen molar-refractivity contribution in [3.63, 3.8) is 0 Å². The smallest absolute Gasteiger partial charge is 0.399 e. The van der Waals surface area contributed by atoms with E-state index in [9.17, 15) is 9.59 Å². The molecule has 3 atom stereocenters. The molecule has 218 valence electrons. The van der Waals surface area contributed by atoms with Crippen LogP contribution in [0.2, 0.25) is 0 Å². The fourth-order valence-electron chi connectivity index (χ4n) is 5.08. The van der Waals surface area contributed by atoms with Gasteiger partial charge in [0.05, 0.1) is 48.5 Å². The number of likely N-dealkylation sites (tertiary alicyclic amines) is 1. The molecule has 3 heterocycles. The zero-order valence-corrected chi connectivity index (χ0v) is 24.9. The Hall–Kier alpha value is -2.73. The number of hydrogen-bond donors (Lipinski definition) is 2. The number of benzene rings is 1. The SMILES string of the molecule is COCCO[C@H]1C[C@@H](c2ncc(-c3ccc(B4OC(C)(C)C(C)(C)O4)cc3)[nH]2)N(C(=O)[C@@H](NC(C)=O)C(C)C)C1. The molecule has 2 saturated heterocycles. The average molecular weight is 554 g/mol. The molecule has 2 amide bonds. The molecular formula is C29H43BN4O6. The minimum atomic E-state index is -0.630. The van der Waals surface area contributed by atoms with Crippen molar-refractivity contribution >= 4 is 24.4 Å². The van der Waals surface area contributed by atoms with Crippen molar-refractivity contribution in [3.8, 4) is 11.3 Å². The van der Waals surface area contributed by atoms with Crippen LogP contribution in [-0.2, 0) is 28.4 Å². The number of methoxy groups -OCH3 is 1. The van der Waals surface area contributed by atoms with Gasteiger partial charge in [-0.05, 0) is 44.6 Å². The monoisotopic (exact) mass is 554 g/mol. The number of amides is 2. The van der Waals surface area contributed by atoms with Crippen molar-refractivity contribution in [2.75, 3.05) is 26.9 Å². The third-order valence-corrected chi connectivity index (χ3v) is 8.14. The quantitative estimate of drug-likeness (QED) is 0.343. The van der Waals surface area contributed by atoms with Crippen molar-refractivity contribution in [1.29, 1.82) is 0 Å². The zero-order chi connectivity index (χ0) is 29.2. The molecule has 2 aliphatic rings. The summed E-state index contributed by atoms with van der Waals surface area (Å²) in [6, 6.07) is 7.09. The van der Waals surface area contributed by atoms with E-state index in [1.165, 1.54) is 6.92 Å². The van der Waals surface area contributed by atoms with Gasteiger partial charge in [0.2, 0.25) is 11.8 Å². The minimum absolute atomic E-state index is 0.0693. The van der Waals surface area contributed by atoms with Crippen LogP contribution < -0.4 is 10.8 Å². The zero-order valence-electron chi connectivity index (χ0n) is 24.9. The maximum atomic E-state index is 13.7. The summed E-state index contributed by atoms with van der Waals surface area (Å²) < 4.78 is 23.5. The van der Waals surface area contributed by atoms with Gasteiger partial charge in [-0.1, -0.05) is 38.1 Å². The Morgan fingerprint density at radius 1 is 1.15 bits per heavy atom. The summed E-state index contributed by atoms with van der Waals surface area (Å²) in [6.45, 7) is 14.8. The van der Waals surface area contributed by atoms with Crippen molar-refractivity contribution in [2.24, 2.45) is 5.92 Å². The number of rotatable bonds is 10. The van der Waals surface area contributed by atoms with Crippen LogP contribution in [-0.4, -0.2) is 84.0 Å². The predicted molar refractivity (Wildman–Crippen MR) is 153 cm³/mol. The number of nitrogens with one attached hydrogen (secondary N) is 2. The number of hydrogen-bond acceptors (Lipinski definition) is 7. The van der Waals surface area contributed by atoms with Crippen LogP contribution >= 0.6 is 0 Å². The van der Waals surface area contributed by atoms with Gasteiger partial charge in [-0.2, -0.15) is 0 Å². The first-order valence-electron chi connectivity index (χ1n) is 14.0. The highest BCUT2D eigenvalue weighted by molar-refractivity contribution is 6.62. The molecule has 2 N–H and O–H groups in total. The Balaban J connectivity index is 1.53. The van der Waals surface area contributed by atoms with Crippen LogP contribution in [0.4, 0.5) is 0 Å². The van der Waals surface area contributed by atoms with Crippen LogP contribution in [0.3, 0.4) is 0 Å². The Labute approximate surface area is 237 Å². The molecule has 4 rings (SSSR count). The number of carbonyl (C=O) groups excluding carboxylic acids is 2. The van der Waals surface area contributed by atoms with Gasteiger partial charge in [-0.25, -0.2) is 4.98 Å². The lowest BCUT2D eigenvalue weighted by molar-refractivity contribution is -0.138. The Bertz CT molecular complexity index is 1170. The van der Waals surface area contributed by atoms with Crippen molar-refractivity contribution < 1.29 is 28.4 Å². The first-order chi connectivity index (χ1) is 18.8. The number of aromatic nitrogens is 2. The molecule has 0 radical (unpaired) electrons. The third kappa shape index (κ3) is 6.43. The summed E-state index contributed by atoms with van der Waals surface area (Å²) in [5, 5.41) is 2.82. The molecule has 10 nitrogen and oxygen atoms in total.